The highest BCUT2D eigenvalue weighted by Gasteiger charge is 2.29. The third kappa shape index (κ3) is 4.72. The van der Waals surface area contributed by atoms with Gasteiger partial charge in [0.05, 0.1) is 5.92 Å². The van der Waals surface area contributed by atoms with Gasteiger partial charge in [0.15, 0.2) is 0 Å². The highest BCUT2D eigenvalue weighted by molar-refractivity contribution is 5.94. The molecule has 3 aromatic rings. The number of amides is 1. The molecular formula is C25H24FNO5. The van der Waals surface area contributed by atoms with Crippen molar-refractivity contribution in [2.24, 2.45) is 5.92 Å². The van der Waals surface area contributed by atoms with Gasteiger partial charge in [0.2, 0.25) is 0 Å². The SMILES string of the molecule is CCc1ccc2c(COC(=O)C3CCN(C(=O)c4ccc(F)cc4)CC3)cc(=O)oc2c1. The van der Waals surface area contributed by atoms with E-state index in [1.807, 2.05) is 25.1 Å². The molecule has 2 heterocycles. The van der Waals surface area contributed by atoms with Gasteiger partial charge >= 0.3 is 11.6 Å². The van der Waals surface area contributed by atoms with Crippen molar-refractivity contribution in [1.82, 2.24) is 4.90 Å². The highest BCUT2D eigenvalue weighted by atomic mass is 19.1. The number of ether oxygens (including phenoxy) is 1. The van der Waals surface area contributed by atoms with Crippen molar-refractivity contribution in [2.45, 2.75) is 32.8 Å². The van der Waals surface area contributed by atoms with Gasteiger partial charge in [-0.15, -0.1) is 0 Å². The lowest BCUT2D eigenvalue weighted by Gasteiger charge is -2.31. The molecular weight excluding hydrogens is 413 g/mol. The van der Waals surface area contributed by atoms with E-state index in [2.05, 4.69) is 0 Å². The van der Waals surface area contributed by atoms with Crippen LogP contribution in [0, 0.1) is 11.7 Å². The number of carbonyl (C=O) groups is 2. The summed E-state index contributed by atoms with van der Waals surface area (Å²) in [6.07, 6.45) is 1.80. The first-order valence-electron chi connectivity index (χ1n) is 10.7. The Hall–Kier alpha value is -3.48. The van der Waals surface area contributed by atoms with Crippen LogP contribution in [0.3, 0.4) is 0 Å². The molecule has 32 heavy (non-hydrogen) atoms. The standard InChI is InChI=1S/C25H24FNO5/c1-2-16-3-8-21-19(14-23(28)32-22(21)13-16)15-31-25(30)18-9-11-27(12-10-18)24(29)17-4-6-20(26)7-5-17/h3-8,13-14,18H,2,9-12,15H2,1H3. The molecule has 7 heteroatoms. The summed E-state index contributed by atoms with van der Waals surface area (Å²) in [6, 6.07) is 12.5. The number of hydrogen-bond acceptors (Lipinski definition) is 5. The van der Waals surface area contributed by atoms with Crippen LogP contribution < -0.4 is 5.63 Å². The Balaban J connectivity index is 1.36. The first kappa shape index (κ1) is 21.7. The van der Waals surface area contributed by atoms with Crippen molar-refractivity contribution in [3.63, 3.8) is 0 Å². The number of benzene rings is 2. The molecule has 0 saturated carbocycles. The molecule has 1 aliphatic heterocycles. The monoisotopic (exact) mass is 437 g/mol. The molecule has 166 valence electrons. The topological polar surface area (TPSA) is 76.8 Å². The van der Waals surface area contributed by atoms with E-state index in [9.17, 15) is 18.8 Å². The summed E-state index contributed by atoms with van der Waals surface area (Å²) in [7, 11) is 0. The first-order valence-corrected chi connectivity index (χ1v) is 10.7. The van der Waals surface area contributed by atoms with E-state index < -0.39 is 11.4 Å². The molecule has 1 aromatic heterocycles. The number of carbonyl (C=O) groups excluding carboxylic acids is 2. The van der Waals surface area contributed by atoms with Crippen molar-refractivity contribution < 1.29 is 23.1 Å². The molecule has 2 aromatic carbocycles. The predicted octanol–water partition coefficient (Wildman–Crippen LogP) is 4.09. The van der Waals surface area contributed by atoms with E-state index >= 15 is 0 Å². The number of fused-ring (bicyclic) bond motifs is 1. The molecule has 0 radical (unpaired) electrons. The number of likely N-dealkylation sites (tertiary alicyclic amines) is 1. The van der Waals surface area contributed by atoms with Crippen LogP contribution in [0.25, 0.3) is 11.0 Å². The number of esters is 1. The van der Waals surface area contributed by atoms with Crippen LogP contribution >= 0.6 is 0 Å². The van der Waals surface area contributed by atoms with Gasteiger partial charge in [0, 0.05) is 35.7 Å². The molecule has 0 bridgehead atoms. The minimum Gasteiger partial charge on any atom is -0.461 e. The maximum absolute atomic E-state index is 13.1. The third-order valence-electron chi connectivity index (χ3n) is 5.88. The average Bonchev–Trinajstić information content (AvgIpc) is 2.82. The number of piperidine rings is 1. The second-order valence-electron chi connectivity index (χ2n) is 7.96. The largest absolute Gasteiger partial charge is 0.461 e. The Labute approximate surface area is 184 Å². The van der Waals surface area contributed by atoms with Gasteiger partial charge < -0.3 is 14.1 Å². The highest BCUT2D eigenvalue weighted by Crippen LogP contribution is 2.23. The molecule has 1 amide bonds. The Morgan fingerprint density at radius 1 is 1.09 bits per heavy atom. The number of aryl methyl sites for hydroxylation is 1. The van der Waals surface area contributed by atoms with E-state index in [0.29, 0.717) is 42.6 Å². The fourth-order valence-corrected chi connectivity index (χ4v) is 3.97. The zero-order valence-electron chi connectivity index (χ0n) is 17.8. The molecule has 4 rings (SSSR count). The van der Waals surface area contributed by atoms with E-state index in [0.717, 1.165) is 17.4 Å². The van der Waals surface area contributed by atoms with Crippen LogP contribution in [0.4, 0.5) is 4.39 Å². The minimum atomic E-state index is -0.482. The summed E-state index contributed by atoms with van der Waals surface area (Å²) in [5.74, 6) is -1.22. The number of halogens is 1. The van der Waals surface area contributed by atoms with Gasteiger partial charge in [0.25, 0.3) is 5.91 Å². The van der Waals surface area contributed by atoms with E-state index in [1.54, 1.807) is 4.90 Å². The van der Waals surface area contributed by atoms with Crippen molar-refractivity contribution in [3.05, 3.63) is 81.5 Å². The van der Waals surface area contributed by atoms with Crippen molar-refractivity contribution in [3.8, 4) is 0 Å². The summed E-state index contributed by atoms with van der Waals surface area (Å²) >= 11 is 0. The van der Waals surface area contributed by atoms with Gasteiger partial charge in [-0.2, -0.15) is 0 Å². The number of rotatable bonds is 5. The Morgan fingerprint density at radius 3 is 2.50 bits per heavy atom. The maximum Gasteiger partial charge on any atom is 0.336 e. The van der Waals surface area contributed by atoms with Crippen LogP contribution in [0.2, 0.25) is 0 Å². The van der Waals surface area contributed by atoms with Crippen LogP contribution in [0.15, 0.2) is 57.7 Å². The fraction of sp³-hybridized carbons (Fsp3) is 0.320. The van der Waals surface area contributed by atoms with Crippen LogP contribution in [-0.4, -0.2) is 29.9 Å². The summed E-state index contributed by atoms with van der Waals surface area (Å²) < 4.78 is 23.9. The average molecular weight is 437 g/mol. The first-order chi connectivity index (χ1) is 15.4. The Bertz CT molecular complexity index is 1190. The summed E-state index contributed by atoms with van der Waals surface area (Å²) in [6.45, 7) is 2.85. The molecule has 0 spiro atoms. The van der Waals surface area contributed by atoms with E-state index in [4.69, 9.17) is 9.15 Å². The van der Waals surface area contributed by atoms with Crippen LogP contribution in [0.1, 0.15) is 41.3 Å². The lowest BCUT2D eigenvalue weighted by molar-refractivity contribution is -0.151. The van der Waals surface area contributed by atoms with Crippen LogP contribution in [0.5, 0.6) is 0 Å². The lowest BCUT2D eigenvalue weighted by Crippen LogP contribution is -2.40. The third-order valence-corrected chi connectivity index (χ3v) is 5.88. The smallest absolute Gasteiger partial charge is 0.336 e. The van der Waals surface area contributed by atoms with Crippen LogP contribution in [-0.2, 0) is 22.6 Å². The van der Waals surface area contributed by atoms with Gasteiger partial charge in [-0.05, 0) is 55.2 Å². The summed E-state index contributed by atoms with van der Waals surface area (Å²) in [4.78, 5) is 38.7. The van der Waals surface area contributed by atoms with Gasteiger partial charge in [-0.25, -0.2) is 9.18 Å². The zero-order valence-corrected chi connectivity index (χ0v) is 17.8. The van der Waals surface area contributed by atoms with E-state index in [1.165, 1.54) is 30.3 Å². The molecule has 6 nitrogen and oxygen atoms in total. The molecule has 1 fully saturated rings. The summed E-state index contributed by atoms with van der Waals surface area (Å²) in [5.41, 5.74) is 2.08. The lowest BCUT2D eigenvalue weighted by atomic mass is 9.96. The van der Waals surface area contributed by atoms with Gasteiger partial charge in [0.1, 0.15) is 18.0 Å². The molecule has 0 N–H and O–H groups in total. The number of nitrogens with zero attached hydrogens (tertiary/aromatic N) is 1. The molecule has 1 aliphatic rings. The fourth-order valence-electron chi connectivity index (χ4n) is 3.97. The quantitative estimate of drug-likeness (QED) is 0.444. The molecule has 0 atom stereocenters. The summed E-state index contributed by atoms with van der Waals surface area (Å²) in [5, 5.41) is 0.745. The molecule has 0 unspecified atom stereocenters. The maximum atomic E-state index is 13.1. The van der Waals surface area contributed by atoms with E-state index in [-0.39, 0.29) is 24.4 Å². The predicted molar refractivity (Wildman–Crippen MR) is 117 cm³/mol. The second kappa shape index (κ2) is 9.34. The normalized spacial score (nSPS) is 14.5. The number of hydrogen-bond donors (Lipinski definition) is 0. The zero-order chi connectivity index (χ0) is 22.7. The van der Waals surface area contributed by atoms with Crippen molar-refractivity contribution >= 4 is 22.8 Å². The molecule has 1 saturated heterocycles. The van der Waals surface area contributed by atoms with Crippen molar-refractivity contribution in [2.75, 3.05) is 13.1 Å². The molecule has 0 aliphatic carbocycles. The Morgan fingerprint density at radius 2 is 1.81 bits per heavy atom. The Kier molecular flexibility index (Phi) is 6.35. The van der Waals surface area contributed by atoms with Gasteiger partial charge in [-0.1, -0.05) is 19.1 Å². The second-order valence-corrected chi connectivity index (χ2v) is 7.96. The minimum absolute atomic E-state index is 0.0128. The van der Waals surface area contributed by atoms with Crippen molar-refractivity contribution in [1.29, 1.82) is 0 Å². The van der Waals surface area contributed by atoms with Gasteiger partial charge in [-0.3, -0.25) is 9.59 Å².